The minimum absolute atomic E-state index is 0.216. The highest BCUT2D eigenvalue weighted by Crippen LogP contribution is 2.34. The molecule has 1 saturated heterocycles. The zero-order valence-electron chi connectivity index (χ0n) is 17.2. The quantitative estimate of drug-likeness (QED) is 0.545. The van der Waals surface area contributed by atoms with Gasteiger partial charge in [0, 0.05) is 60.3 Å². The molecular weight excluding hydrogens is 423 g/mol. The fourth-order valence-corrected chi connectivity index (χ4v) is 4.95. The summed E-state index contributed by atoms with van der Waals surface area (Å²) in [7, 11) is 0. The van der Waals surface area contributed by atoms with Gasteiger partial charge in [0.15, 0.2) is 0 Å². The molecule has 0 saturated carbocycles. The van der Waals surface area contributed by atoms with E-state index in [2.05, 4.69) is 38.6 Å². The molecule has 166 valence electrons. The Morgan fingerprint density at radius 3 is 2.45 bits per heavy atom. The van der Waals surface area contributed by atoms with E-state index in [-0.39, 0.29) is 5.75 Å². The molecule has 2 N–H and O–H groups in total. The molecule has 8 heteroatoms. The fourth-order valence-electron chi connectivity index (χ4n) is 3.97. The van der Waals surface area contributed by atoms with E-state index in [0.717, 1.165) is 66.1 Å². The van der Waals surface area contributed by atoms with E-state index in [1.165, 1.54) is 17.7 Å². The third-order valence-electron chi connectivity index (χ3n) is 5.46. The van der Waals surface area contributed by atoms with E-state index in [4.69, 9.17) is 5.73 Å². The largest absolute Gasteiger partial charge is 0.573 e. The molecule has 1 aliphatic rings. The summed E-state index contributed by atoms with van der Waals surface area (Å²) in [6, 6.07) is 12.6. The van der Waals surface area contributed by atoms with Crippen molar-refractivity contribution >= 4 is 22.7 Å². The summed E-state index contributed by atoms with van der Waals surface area (Å²) >= 11 is 1.99. The smallest absolute Gasteiger partial charge is 0.406 e. The van der Waals surface area contributed by atoms with Crippen molar-refractivity contribution in [2.45, 2.75) is 25.9 Å². The van der Waals surface area contributed by atoms with Gasteiger partial charge in [0.05, 0.1) is 0 Å². The summed E-state index contributed by atoms with van der Waals surface area (Å²) in [5.41, 5.74) is 9.92. The lowest BCUT2D eigenvalue weighted by Gasteiger charge is -2.26. The first-order chi connectivity index (χ1) is 14.9. The highest BCUT2D eigenvalue weighted by molar-refractivity contribution is 7.99. The van der Waals surface area contributed by atoms with E-state index in [0.29, 0.717) is 6.54 Å². The number of nitrogens with two attached hydrogens (primary N) is 1. The average molecular weight is 450 g/mol. The van der Waals surface area contributed by atoms with Crippen molar-refractivity contribution < 1.29 is 17.9 Å². The maximum Gasteiger partial charge on any atom is 0.573 e. The number of thioether (sulfide) groups is 1. The third kappa shape index (κ3) is 5.56. The van der Waals surface area contributed by atoms with Gasteiger partial charge in [-0.1, -0.05) is 18.2 Å². The summed E-state index contributed by atoms with van der Waals surface area (Å²) in [4.78, 5) is 2.46. The highest BCUT2D eigenvalue weighted by Gasteiger charge is 2.31. The zero-order valence-corrected chi connectivity index (χ0v) is 18.0. The Kier molecular flexibility index (Phi) is 6.79. The normalized spacial score (nSPS) is 15.5. The van der Waals surface area contributed by atoms with E-state index < -0.39 is 6.36 Å². The van der Waals surface area contributed by atoms with Gasteiger partial charge in [-0.2, -0.15) is 11.8 Å². The number of aromatic nitrogens is 1. The minimum Gasteiger partial charge on any atom is -0.406 e. The van der Waals surface area contributed by atoms with E-state index in [9.17, 15) is 13.2 Å². The predicted molar refractivity (Wildman–Crippen MR) is 120 cm³/mol. The first-order valence-corrected chi connectivity index (χ1v) is 11.6. The summed E-state index contributed by atoms with van der Waals surface area (Å²) in [5, 5.41) is 1.10. The Bertz CT molecular complexity index is 1010. The predicted octanol–water partition coefficient (Wildman–Crippen LogP) is 5.10. The molecular formula is C23H26F3N3OS. The van der Waals surface area contributed by atoms with Gasteiger partial charge in [0.2, 0.25) is 0 Å². The average Bonchev–Trinajstić information content (AvgIpc) is 3.10. The maximum absolute atomic E-state index is 12.5. The molecule has 0 unspecified atom stereocenters. The molecule has 1 aromatic heterocycles. The third-order valence-corrected chi connectivity index (χ3v) is 6.40. The molecule has 2 heterocycles. The molecule has 0 atom stereocenters. The van der Waals surface area contributed by atoms with Crippen molar-refractivity contribution in [1.29, 1.82) is 0 Å². The summed E-state index contributed by atoms with van der Waals surface area (Å²) in [6.07, 6.45) is -1.77. The number of hydrogen-bond acceptors (Lipinski definition) is 4. The van der Waals surface area contributed by atoms with Gasteiger partial charge < -0.3 is 15.0 Å². The number of hydrogen-bond donors (Lipinski definition) is 1. The first-order valence-electron chi connectivity index (χ1n) is 10.4. The lowest BCUT2D eigenvalue weighted by atomic mass is 10.0. The van der Waals surface area contributed by atoms with Gasteiger partial charge in [0.25, 0.3) is 0 Å². The van der Waals surface area contributed by atoms with E-state index in [1.807, 2.05) is 11.8 Å². The van der Waals surface area contributed by atoms with Crippen LogP contribution in [0, 0.1) is 0 Å². The molecule has 4 rings (SSSR count). The number of aryl methyl sites for hydroxylation is 1. The second-order valence-corrected chi connectivity index (χ2v) is 8.92. The molecule has 0 amide bonds. The number of nitrogens with zero attached hydrogens (tertiary/aromatic N) is 2. The van der Waals surface area contributed by atoms with Gasteiger partial charge in [-0.05, 0) is 48.4 Å². The molecule has 0 aliphatic carbocycles. The number of alkyl halides is 3. The number of fused-ring (bicyclic) bond motifs is 1. The molecule has 0 spiro atoms. The Morgan fingerprint density at radius 2 is 1.77 bits per heavy atom. The topological polar surface area (TPSA) is 43.4 Å². The second-order valence-electron chi connectivity index (χ2n) is 7.69. The van der Waals surface area contributed by atoms with Crippen molar-refractivity contribution in [3.63, 3.8) is 0 Å². The molecule has 3 aromatic rings. The number of rotatable bonds is 7. The molecule has 2 aromatic carbocycles. The molecule has 0 radical (unpaired) electrons. The van der Waals surface area contributed by atoms with E-state index in [1.54, 1.807) is 12.1 Å². The van der Waals surface area contributed by atoms with Crippen LogP contribution in [0.1, 0.15) is 12.0 Å². The van der Waals surface area contributed by atoms with Crippen molar-refractivity contribution in [3.8, 4) is 16.9 Å². The van der Waals surface area contributed by atoms with Crippen LogP contribution in [0.2, 0.25) is 0 Å². The van der Waals surface area contributed by atoms with Gasteiger partial charge in [-0.25, -0.2) is 0 Å². The summed E-state index contributed by atoms with van der Waals surface area (Å²) in [5.74, 6) is 2.11. The van der Waals surface area contributed by atoms with Crippen LogP contribution >= 0.6 is 11.8 Å². The Morgan fingerprint density at radius 1 is 1.03 bits per heavy atom. The lowest BCUT2D eigenvalue weighted by Crippen LogP contribution is -2.31. The highest BCUT2D eigenvalue weighted by atomic mass is 32.2. The standard InChI is InChI=1S/C23H26F3N3OS/c24-23(25,26)30-19-5-3-18(4-6-19)21-16-29(9-1-8-27)22-7-2-17(14-20(21)22)15-28-10-12-31-13-11-28/h2-7,14,16H,1,8-13,15,27H2. The van der Waals surface area contributed by atoms with Crippen LogP contribution in [-0.2, 0) is 13.1 Å². The van der Waals surface area contributed by atoms with Crippen molar-refractivity contribution in [2.75, 3.05) is 31.1 Å². The molecule has 1 aliphatic heterocycles. The zero-order chi connectivity index (χ0) is 21.8. The Hall–Kier alpha value is -2.16. The number of benzene rings is 2. The SMILES string of the molecule is NCCCn1cc(-c2ccc(OC(F)(F)F)cc2)c2cc(CN3CCSCC3)ccc21. The van der Waals surface area contributed by atoms with Gasteiger partial charge in [-0.15, -0.1) is 13.2 Å². The van der Waals surface area contributed by atoms with Crippen LogP contribution in [-0.4, -0.2) is 47.0 Å². The second kappa shape index (κ2) is 9.54. The number of halogens is 3. The van der Waals surface area contributed by atoms with Gasteiger partial charge in [-0.3, -0.25) is 4.90 Å². The number of ether oxygens (including phenoxy) is 1. The van der Waals surface area contributed by atoms with Gasteiger partial charge >= 0.3 is 6.36 Å². The molecule has 4 nitrogen and oxygen atoms in total. The molecule has 31 heavy (non-hydrogen) atoms. The van der Waals surface area contributed by atoms with Crippen molar-refractivity contribution in [3.05, 3.63) is 54.2 Å². The van der Waals surface area contributed by atoms with Crippen LogP contribution in [0.5, 0.6) is 5.75 Å². The van der Waals surface area contributed by atoms with Crippen molar-refractivity contribution in [2.24, 2.45) is 5.73 Å². The lowest BCUT2D eigenvalue weighted by molar-refractivity contribution is -0.274. The van der Waals surface area contributed by atoms with Crippen LogP contribution in [0.15, 0.2) is 48.7 Å². The Labute approximate surface area is 184 Å². The van der Waals surface area contributed by atoms with Crippen molar-refractivity contribution in [1.82, 2.24) is 9.47 Å². The van der Waals surface area contributed by atoms with Crippen LogP contribution in [0.4, 0.5) is 13.2 Å². The van der Waals surface area contributed by atoms with Crippen LogP contribution in [0.25, 0.3) is 22.0 Å². The maximum atomic E-state index is 12.5. The summed E-state index contributed by atoms with van der Waals surface area (Å²) < 4.78 is 43.7. The Balaban J connectivity index is 1.67. The minimum atomic E-state index is -4.69. The summed E-state index contributed by atoms with van der Waals surface area (Å²) in [6.45, 7) is 4.48. The monoisotopic (exact) mass is 449 g/mol. The fraction of sp³-hybridized carbons (Fsp3) is 0.391. The van der Waals surface area contributed by atoms with Crippen LogP contribution in [0.3, 0.4) is 0 Å². The van der Waals surface area contributed by atoms with E-state index >= 15 is 0 Å². The first kappa shape index (κ1) is 22.0. The van der Waals surface area contributed by atoms with Gasteiger partial charge in [0.1, 0.15) is 5.75 Å². The van der Waals surface area contributed by atoms with Crippen LogP contribution < -0.4 is 10.5 Å². The molecule has 0 bridgehead atoms. The molecule has 1 fully saturated rings.